The van der Waals surface area contributed by atoms with Gasteiger partial charge in [-0.15, -0.1) is 0 Å². The molecule has 2 aromatic rings. The Morgan fingerprint density at radius 1 is 1.30 bits per heavy atom. The van der Waals surface area contributed by atoms with Gasteiger partial charge in [0.1, 0.15) is 11.8 Å². The highest BCUT2D eigenvalue weighted by atomic mass is 35.5. The lowest BCUT2D eigenvalue weighted by molar-refractivity contribution is 0.416. The Balaban J connectivity index is 2.25. The minimum Gasteiger partial charge on any atom is -0.495 e. The van der Waals surface area contributed by atoms with E-state index < -0.39 is 0 Å². The fourth-order valence-corrected chi connectivity index (χ4v) is 2.24. The molecule has 0 radical (unpaired) electrons. The third-order valence-corrected chi connectivity index (χ3v) is 3.36. The van der Waals surface area contributed by atoms with Crippen LogP contribution in [-0.4, -0.2) is 7.11 Å². The van der Waals surface area contributed by atoms with Gasteiger partial charge in [0.2, 0.25) is 0 Å². The zero-order valence-corrected chi connectivity index (χ0v) is 12.2. The van der Waals surface area contributed by atoms with Crippen LogP contribution < -0.4 is 10.1 Å². The van der Waals surface area contributed by atoms with Gasteiger partial charge in [0.15, 0.2) is 0 Å². The predicted octanol–water partition coefficient (Wildman–Crippen LogP) is 4.14. The van der Waals surface area contributed by atoms with Crippen molar-refractivity contribution in [2.45, 2.75) is 13.5 Å². The first kappa shape index (κ1) is 14.2. The number of benzene rings is 2. The molecule has 3 nitrogen and oxygen atoms in total. The van der Waals surface area contributed by atoms with Crippen molar-refractivity contribution in [3.63, 3.8) is 0 Å². The molecule has 0 heterocycles. The Labute approximate surface area is 123 Å². The fourth-order valence-electron chi connectivity index (χ4n) is 2.02. The number of methoxy groups -OCH3 is 1. The Hall–Kier alpha value is -2.18. The number of hydrogen-bond acceptors (Lipinski definition) is 3. The van der Waals surface area contributed by atoms with Crippen molar-refractivity contribution in [1.29, 1.82) is 5.26 Å². The number of nitriles is 1. The third-order valence-electron chi connectivity index (χ3n) is 3.13. The van der Waals surface area contributed by atoms with E-state index >= 15 is 0 Å². The van der Waals surface area contributed by atoms with Gasteiger partial charge in [-0.2, -0.15) is 5.26 Å². The molecule has 2 rings (SSSR count). The summed E-state index contributed by atoms with van der Waals surface area (Å²) in [6, 6.07) is 13.3. The van der Waals surface area contributed by atoms with Crippen LogP contribution in [0.5, 0.6) is 5.75 Å². The lowest BCUT2D eigenvalue weighted by Crippen LogP contribution is -2.04. The van der Waals surface area contributed by atoms with Crippen LogP contribution in [0.1, 0.15) is 16.7 Å². The molecule has 0 bridgehead atoms. The van der Waals surface area contributed by atoms with Crippen molar-refractivity contribution in [2.75, 3.05) is 12.4 Å². The Morgan fingerprint density at radius 3 is 2.75 bits per heavy atom. The summed E-state index contributed by atoms with van der Waals surface area (Å²) in [5.74, 6) is 0.663. The van der Waals surface area contributed by atoms with Crippen LogP contribution in [-0.2, 0) is 6.54 Å². The van der Waals surface area contributed by atoms with Gasteiger partial charge in [0.25, 0.3) is 0 Å². The maximum atomic E-state index is 9.16. The monoisotopic (exact) mass is 286 g/mol. The fraction of sp³-hybridized carbons (Fsp3) is 0.188. The molecule has 0 saturated carbocycles. The molecule has 2 aromatic carbocycles. The van der Waals surface area contributed by atoms with Crippen molar-refractivity contribution in [2.24, 2.45) is 0 Å². The summed E-state index contributed by atoms with van der Waals surface area (Å²) in [4.78, 5) is 0. The van der Waals surface area contributed by atoms with Gasteiger partial charge in [-0.25, -0.2) is 0 Å². The maximum Gasteiger partial charge on any atom is 0.143 e. The Morgan fingerprint density at radius 2 is 2.10 bits per heavy atom. The van der Waals surface area contributed by atoms with Gasteiger partial charge in [0, 0.05) is 11.6 Å². The highest BCUT2D eigenvalue weighted by Crippen LogP contribution is 2.28. The molecule has 0 aliphatic rings. The Kier molecular flexibility index (Phi) is 4.49. The quantitative estimate of drug-likeness (QED) is 0.919. The number of nitrogens with one attached hydrogen (secondary N) is 1. The molecule has 20 heavy (non-hydrogen) atoms. The van der Waals surface area contributed by atoms with E-state index in [0.717, 1.165) is 16.1 Å². The van der Waals surface area contributed by atoms with Crippen molar-refractivity contribution in [1.82, 2.24) is 0 Å². The van der Waals surface area contributed by atoms with Crippen LogP contribution in [0.25, 0.3) is 0 Å². The average molecular weight is 287 g/mol. The average Bonchev–Trinajstić information content (AvgIpc) is 2.46. The molecule has 0 amide bonds. The molecule has 0 spiro atoms. The summed E-state index contributed by atoms with van der Waals surface area (Å²) in [6.07, 6.45) is 0. The van der Waals surface area contributed by atoms with Crippen LogP contribution >= 0.6 is 11.6 Å². The molecular formula is C16H15ClN2O. The van der Waals surface area contributed by atoms with Crippen LogP contribution in [0.4, 0.5) is 5.69 Å². The van der Waals surface area contributed by atoms with E-state index in [4.69, 9.17) is 21.6 Å². The number of para-hydroxylation sites is 1. The van der Waals surface area contributed by atoms with Gasteiger partial charge in [-0.3, -0.25) is 0 Å². The van der Waals surface area contributed by atoms with Gasteiger partial charge in [-0.05, 0) is 42.3 Å². The standard InChI is InChI=1S/C16H15ClN2O/c1-11-8-14(17)7-6-13(11)10-19-16-12(9-18)4-3-5-15(16)20-2/h3-8,19H,10H2,1-2H3. The van der Waals surface area contributed by atoms with Gasteiger partial charge >= 0.3 is 0 Å². The number of rotatable bonds is 4. The van der Waals surface area contributed by atoms with Crippen LogP contribution in [0.2, 0.25) is 5.02 Å². The minimum absolute atomic E-state index is 0.566. The van der Waals surface area contributed by atoms with Crippen LogP contribution in [0, 0.1) is 18.3 Å². The number of nitrogens with zero attached hydrogens (tertiary/aromatic N) is 1. The first-order valence-corrected chi connectivity index (χ1v) is 6.59. The first-order valence-electron chi connectivity index (χ1n) is 6.21. The van der Waals surface area contributed by atoms with Crippen LogP contribution in [0.3, 0.4) is 0 Å². The summed E-state index contributed by atoms with van der Waals surface area (Å²) >= 11 is 5.95. The van der Waals surface area contributed by atoms with Crippen molar-refractivity contribution in [3.8, 4) is 11.8 Å². The first-order chi connectivity index (χ1) is 9.65. The summed E-state index contributed by atoms with van der Waals surface area (Å²) in [6.45, 7) is 2.62. The highest BCUT2D eigenvalue weighted by molar-refractivity contribution is 6.30. The maximum absolute atomic E-state index is 9.16. The second kappa shape index (κ2) is 6.31. The molecule has 0 aromatic heterocycles. The predicted molar refractivity (Wildman–Crippen MR) is 81.2 cm³/mol. The minimum atomic E-state index is 0.566. The summed E-state index contributed by atoms with van der Waals surface area (Å²) in [7, 11) is 1.59. The number of aryl methyl sites for hydroxylation is 1. The molecule has 4 heteroatoms. The van der Waals surface area contributed by atoms with Crippen LogP contribution in [0.15, 0.2) is 36.4 Å². The molecule has 0 fully saturated rings. The molecule has 0 atom stereocenters. The topological polar surface area (TPSA) is 45.0 Å². The van der Waals surface area contributed by atoms with E-state index in [1.807, 2.05) is 31.2 Å². The van der Waals surface area contributed by atoms with E-state index in [2.05, 4.69) is 11.4 Å². The van der Waals surface area contributed by atoms with Crippen molar-refractivity contribution < 1.29 is 4.74 Å². The summed E-state index contributed by atoms with van der Waals surface area (Å²) < 4.78 is 5.29. The van der Waals surface area contributed by atoms with Gasteiger partial charge in [-0.1, -0.05) is 23.7 Å². The number of hydrogen-bond donors (Lipinski definition) is 1. The molecule has 0 saturated heterocycles. The number of anilines is 1. The highest BCUT2D eigenvalue weighted by Gasteiger charge is 2.09. The van der Waals surface area contributed by atoms with Gasteiger partial charge < -0.3 is 10.1 Å². The zero-order chi connectivity index (χ0) is 14.5. The Bertz CT molecular complexity index is 662. The summed E-state index contributed by atoms with van der Waals surface area (Å²) in [5, 5.41) is 13.2. The third kappa shape index (κ3) is 3.04. The van der Waals surface area contributed by atoms with Crippen molar-refractivity contribution >= 4 is 17.3 Å². The molecule has 0 unspecified atom stereocenters. The van der Waals surface area contributed by atoms with E-state index in [9.17, 15) is 0 Å². The lowest BCUT2D eigenvalue weighted by atomic mass is 10.1. The second-order valence-corrected chi connectivity index (χ2v) is 4.86. The molecule has 0 aliphatic heterocycles. The summed E-state index contributed by atoms with van der Waals surface area (Å²) in [5.41, 5.74) is 3.52. The van der Waals surface area contributed by atoms with E-state index in [1.54, 1.807) is 19.2 Å². The molecular weight excluding hydrogens is 272 g/mol. The molecule has 102 valence electrons. The largest absolute Gasteiger partial charge is 0.495 e. The number of ether oxygens (including phenoxy) is 1. The lowest BCUT2D eigenvalue weighted by Gasteiger charge is -2.14. The molecule has 0 aliphatic carbocycles. The van der Waals surface area contributed by atoms with Gasteiger partial charge in [0.05, 0.1) is 18.4 Å². The van der Waals surface area contributed by atoms with E-state index in [-0.39, 0.29) is 0 Å². The normalized spacial score (nSPS) is 9.90. The smallest absolute Gasteiger partial charge is 0.143 e. The molecule has 1 N–H and O–H groups in total. The van der Waals surface area contributed by atoms with Crippen molar-refractivity contribution in [3.05, 3.63) is 58.1 Å². The number of halogens is 1. The second-order valence-electron chi connectivity index (χ2n) is 4.42. The SMILES string of the molecule is COc1cccc(C#N)c1NCc1ccc(Cl)cc1C. The zero-order valence-electron chi connectivity index (χ0n) is 11.4. The van der Waals surface area contributed by atoms with E-state index in [0.29, 0.717) is 23.5 Å². The van der Waals surface area contributed by atoms with E-state index in [1.165, 1.54) is 0 Å².